The first-order valence-electron chi connectivity index (χ1n) is 9.87. The minimum absolute atomic E-state index is 0.231. The van der Waals surface area contributed by atoms with Gasteiger partial charge in [0.05, 0.1) is 18.4 Å². The lowest BCUT2D eigenvalue weighted by Gasteiger charge is -2.29. The van der Waals surface area contributed by atoms with Crippen molar-refractivity contribution in [2.75, 3.05) is 33.4 Å². The highest BCUT2D eigenvalue weighted by molar-refractivity contribution is 5.95. The van der Waals surface area contributed by atoms with E-state index >= 15 is 0 Å². The van der Waals surface area contributed by atoms with Gasteiger partial charge in [-0.25, -0.2) is 9.59 Å². The first-order valence-corrected chi connectivity index (χ1v) is 9.87. The predicted molar refractivity (Wildman–Crippen MR) is 111 cm³/mol. The molecule has 2 aromatic rings. The Labute approximate surface area is 175 Å². The average Bonchev–Trinajstić information content (AvgIpc) is 3.24. The van der Waals surface area contributed by atoms with Gasteiger partial charge in [-0.05, 0) is 45.2 Å². The van der Waals surface area contributed by atoms with Crippen LogP contribution in [0.15, 0.2) is 58.3 Å². The van der Waals surface area contributed by atoms with Gasteiger partial charge in [0.2, 0.25) is 0 Å². The number of hydrogen-bond donors (Lipinski definition) is 2. The van der Waals surface area contributed by atoms with Crippen molar-refractivity contribution in [3.05, 3.63) is 65.3 Å². The van der Waals surface area contributed by atoms with Crippen LogP contribution < -0.4 is 15.4 Å². The summed E-state index contributed by atoms with van der Waals surface area (Å²) in [5.74, 6) is 0.773. The fourth-order valence-corrected chi connectivity index (χ4v) is 3.16. The molecule has 1 unspecified atom stereocenters. The highest BCUT2D eigenvalue weighted by Gasteiger charge is 2.35. The summed E-state index contributed by atoms with van der Waals surface area (Å²) in [4.78, 5) is 26.9. The first kappa shape index (κ1) is 21.4. The topological polar surface area (TPSA) is 93.0 Å². The number of carbonyl (C=O) groups excluding carboxylic acids is 2. The molecule has 1 aromatic heterocycles. The van der Waals surface area contributed by atoms with Gasteiger partial charge in [0, 0.05) is 18.8 Å². The van der Waals surface area contributed by atoms with Crippen molar-refractivity contribution in [2.24, 2.45) is 0 Å². The highest BCUT2D eigenvalue weighted by atomic mass is 16.5. The van der Waals surface area contributed by atoms with Crippen molar-refractivity contribution >= 4 is 12.0 Å². The first-order chi connectivity index (χ1) is 14.5. The summed E-state index contributed by atoms with van der Waals surface area (Å²) in [7, 11) is 1.89. The van der Waals surface area contributed by atoms with Gasteiger partial charge >= 0.3 is 12.0 Å². The number of carbonyl (C=O) groups is 2. The highest BCUT2D eigenvalue weighted by Crippen LogP contribution is 2.28. The van der Waals surface area contributed by atoms with Crippen LogP contribution in [0.3, 0.4) is 0 Å². The van der Waals surface area contributed by atoms with E-state index in [1.54, 1.807) is 19.1 Å². The molecule has 2 heterocycles. The number of ether oxygens (including phenoxy) is 2. The summed E-state index contributed by atoms with van der Waals surface area (Å²) in [6, 6.07) is 10.2. The van der Waals surface area contributed by atoms with Crippen molar-refractivity contribution in [3.8, 4) is 5.75 Å². The zero-order valence-electron chi connectivity index (χ0n) is 17.4. The minimum atomic E-state index is -0.708. The SMILES string of the molecule is CCOC(=O)C1=C(CN(C)CCOc2ccc(C)cc2)NC(=O)NC1c1ccco1. The van der Waals surface area contributed by atoms with Gasteiger partial charge < -0.3 is 24.5 Å². The number of urea groups is 1. The van der Waals surface area contributed by atoms with Gasteiger partial charge in [-0.3, -0.25) is 4.90 Å². The lowest BCUT2D eigenvalue weighted by atomic mass is 10.00. The molecule has 2 amide bonds. The van der Waals surface area contributed by atoms with E-state index in [0.29, 0.717) is 36.7 Å². The van der Waals surface area contributed by atoms with Gasteiger partial charge in [0.15, 0.2) is 0 Å². The summed E-state index contributed by atoms with van der Waals surface area (Å²) >= 11 is 0. The third-order valence-corrected chi connectivity index (χ3v) is 4.67. The fraction of sp³-hybridized carbons (Fsp3) is 0.364. The Morgan fingerprint density at radius 1 is 1.23 bits per heavy atom. The van der Waals surface area contributed by atoms with Crippen molar-refractivity contribution in [1.82, 2.24) is 15.5 Å². The van der Waals surface area contributed by atoms with Gasteiger partial charge in [0.25, 0.3) is 0 Å². The number of likely N-dealkylation sites (N-methyl/N-ethyl adjacent to an activating group) is 1. The van der Waals surface area contributed by atoms with E-state index < -0.39 is 18.0 Å². The number of aryl methyl sites for hydroxylation is 1. The third kappa shape index (κ3) is 5.42. The van der Waals surface area contributed by atoms with E-state index in [1.807, 2.05) is 43.1 Å². The molecule has 2 N–H and O–H groups in total. The number of amides is 2. The second-order valence-electron chi connectivity index (χ2n) is 7.06. The van der Waals surface area contributed by atoms with Crippen molar-refractivity contribution in [1.29, 1.82) is 0 Å². The molecule has 1 aromatic carbocycles. The van der Waals surface area contributed by atoms with Crippen LogP contribution in [0, 0.1) is 6.92 Å². The monoisotopic (exact) mass is 413 g/mol. The lowest BCUT2D eigenvalue weighted by molar-refractivity contribution is -0.139. The molecule has 1 aliphatic rings. The lowest BCUT2D eigenvalue weighted by Crippen LogP contribution is -2.48. The average molecular weight is 413 g/mol. The Hall–Kier alpha value is -3.26. The van der Waals surface area contributed by atoms with Crippen LogP contribution in [0.2, 0.25) is 0 Å². The van der Waals surface area contributed by atoms with Crippen LogP contribution in [-0.2, 0) is 9.53 Å². The Bertz CT molecular complexity index is 890. The van der Waals surface area contributed by atoms with Crippen molar-refractivity contribution in [2.45, 2.75) is 19.9 Å². The van der Waals surface area contributed by atoms with E-state index in [4.69, 9.17) is 13.9 Å². The minimum Gasteiger partial charge on any atom is -0.492 e. The Balaban J connectivity index is 1.71. The maximum absolute atomic E-state index is 12.7. The summed E-state index contributed by atoms with van der Waals surface area (Å²) < 4.78 is 16.4. The van der Waals surface area contributed by atoms with E-state index in [2.05, 4.69) is 10.6 Å². The number of furan rings is 1. The van der Waals surface area contributed by atoms with Gasteiger partial charge in [0.1, 0.15) is 24.2 Å². The molecule has 0 saturated heterocycles. The van der Waals surface area contributed by atoms with Crippen LogP contribution in [0.1, 0.15) is 24.3 Å². The van der Waals surface area contributed by atoms with Crippen LogP contribution in [-0.4, -0.2) is 50.3 Å². The third-order valence-electron chi connectivity index (χ3n) is 4.67. The van der Waals surface area contributed by atoms with E-state index in [9.17, 15) is 9.59 Å². The second-order valence-corrected chi connectivity index (χ2v) is 7.06. The van der Waals surface area contributed by atoms with Crippen molar-refractivity contribution < 1.29 is 23.5 Å². The summed E-state index contributed by atoms with van der Waals surface area (Å²) in [5.41, 5.74) is 1.99. The van der Waals surface area contributed by atoms with Crippen LogP contribution in [0.25, 0.3) is 0 Å². The second kappa shape index (κ2) is 9.98. The Morgan fingerprint density at radius 3 is 2.67 bits per heavy atom. The maximum Gasteiger partial charge on any atom is 0.338 e. The predicted octanol–water partition coefficient (Wildman–Crippen LogP) is 2.77. The van der Waals surface area contributed by atoms with Crippen LogP contribution >= 0.6 is 0 Å². The molecule has 0 fully saturated rings. The molecular formula is C22H27N3O5. The molecule has 0 aliphatic carbocycles. The number of rotatable bonds is 9. The summed E-state index contributed by atoms with van der Waals surface area (Å²) in [6.07, 6.45) is 1.50. The molecule has 8 nitrogen and oxygen atoms in total. The maximum atomic E-state index is 12.7. The molecule has 1 aliphatic heterocycles. The largest absolute Gasteiger partial charge is 0.492 e. The summed E-state index contributed by atoms with van der Waals surface area (Å²) in [6.45, 7) is 5.40. The van der Waals surface area contributed by atoms with Crippen LogP contribution in [0.5, 0.6) is 5.75 Å². The number of hydrogen-bond acceptors (Lipinski definition) is 6. The zero-order chi connectivity index (χ0) is 21.5. The van der Waals surface area contributed by atoms with Crippen molar-refractivity contribution in [3.63, 3.8) is 0 Å². The van der Waals surface area contributed by atoms with E-state index in [-0.39, 0.29) is 6.61 Å². The molecular weight excluding hydrogens is 386 g/mol. The molecule has 0 radical (unpaired) electrons. The Morgan fingerprint density at radius 2 is 2.00 bits per heavy atom. The number of benzene rings is 1. The van der Waals surface area contributed by atoms with Gasteiger partial charge in [-0.15, -0.1) is 0 Å². The summed E-state index contributed by atoms with van der Waals surface area (Å²) in [5, 5.41) is 5.48. The molecule has 30 heavy (non-hydrogen) atoms. The molecule has 0 bridgehead atoms. The van der Waals surface area contributed by atoms with Gasteiger partial charge in [-0.1, -0.05) is 17.7 Å². The molecule has 1 atom stereocenters. The Kier molecular flexibility index (Phi) is 7.13. The molecule has 0 spiro atoms. The zero-order valence-corrected chi connectivity index (χ0v) is 17.4. The molecule has 160 valence electrons. The molecule has 3 rings (SSSR count). The number of nitrogens with zero attached hydrogens (tertiary/aromatic N) is 1. The molecule has 8 heteroatoms. The van der Waals surface area contributed by atoms with E-state index in [1.165, 1.54) is 11.8 Å². The molecule has 0 saturated carbocycles. The van der Waals surface area contributed by atoms with Crippen LogP contribution in [0.4, 0.5) is 4.79 Å². The van der Waals surface area contributed by atoms with E-state index in [0.717, 1.165) is 5.75 Å². The quantitative estimate of drug-likeness (QED) is 0.614. The number of esters is 1. The normalized spacial score (nSPS) is 16.3. The fourth-order valence-electron chi connectivity index (χ4n) is 3.16. The van der Waals surface area contributed by atoms with Gasteiger partial charge in [-0.2, -0.15) is 0 Å². The smallest absolute Gasteiger partial charge is 0.338 e. The standard InChI is InChI=1S/C22H27N3O5/c1-4-28-21(26)19-17(23-22(27)24-20(19)18-6-5-12-30-18)14-25(3)11-13-29-16-9-7-15(2)8-10-16/h5-10,12,20H,4,11,13-14H2,1-3H3,(H2,23,24,27). The number of nitrogens with one attached hydrogen (secondary N) is 2.